The molecule has 0 radical (unpaired) electrons. The number of hydrogen-bond acceptors (Lipinski definition) is 4. The molecule has 7 nitrogen and oxygen atoms in total. The van der Waals surface area contributed by atoms with Crippen LogP contribution < -0.4 is 10.1 Å². The van der Waals surface area contributed by atoms with Gasteiger partial charge in [-0.25, -0.2) is 9.78 Å². The van der Waals surface area contributed by atoms with Gasteiger partial charge in [-0.2, -0.15) is 0 Å². The Balaban J connectivity index is 1.75. The lowest BCUT2D eigenvalue weighted by Crippen LogP contribution is -2.40. The van der Waals surface area contributed by atoms with Crippen molar-refractivity contribution in [1.82, 2.24) is 9.88 Å². The second kappa shape index (κ2) is 6.74. The van der Waals surface area contributed by atoms with E-state index in [2.05, 4.69) is 10.3 Å². The first kappa shape index (κ1) is 16.0. The first-order chi connectivity index (χ1) is 11.6. The second-order valence-electron chi connectivity index (χ2n) is 5.78. The Morgan fingerprint density at radius 1 is 1.29 bits per heavy atom. The average Bonchev–Trinajstić information content (AvgIpc) is 2.61. The van der Waals surface area contributed by atoms with Crippen LogP contribution in [0.2, 0.25) is 0 Å². The number of piperidine rings is 1. The van der Waals surface area contributed by atoms with Crippen molar-refractivity contribution in [1.29, 1.82) is 0 Å². The summed E-state index contributed by atoms with van der Waals surface area (Å²) >= 11 is 0. The largest absolute Gasteiger partial charge is 0.497 e. The van der Waals surface area contributed by atoms with E-state index in [0.717, 1.165) is 10.8 Å². The van der Waals surface area contributed by atoms with E-state index in [1.54, 1.807) is 13.3 Å². The smallest absolute Gasteiger partial charge is 0.407 e. The molecule has 0 saturated carbocycles. The summed E-state index contributed by atoms with van der Waals surface area (Å²) in [5, 5.41) is 13.6. The summed E-state index contributed by atoms with van der Waals surface area (Å²) < 4.78 is 5.23. The molecule has 1 fully saturated rings. The maximum Gasteiger partial charge on any atom is 0.407 e. The van der Waals surface area contributed by atoms with Gasteiger partial charge in [0.1, 0.15) is 11.6 Å². The van der Waals surface area contributed by atoms with Crippen LogP contribution in [0.25, 0.3) is 10.8 Å². The Labute approximate surface area is 139 Å². The number of methoxy groups -OCH3 is 1. The van der Waals surface area contributed by atoms with Gasteiger partial charge in [-0.05, 0) is 36.4 Å². The molecule has 2 heterocycles. The van der Waals surface area contributed by atoms with Gasteiger partial charge in [-0.3, -0.25) is 4.79 Å². The van der Waals surface area contributed by atoms with Crippen LogP contribution in [0.4, 0.5) is 10.6 Å². The summed E-state index contributed by atoms with van der Waals surface area (Å²) in [4.78, 5) is 29.0. The van der Waals surface area contributed by atoms with Crippen molar-refractivity contribution in [2.75, 3.05) is 25.5 Å². The molecule has 1 aromatic carbocycles. The summed E-state index contributed by atoms with van der Waals surface area (Å²) in [5.74, 6) is 0.865. The van der Waals surface area contributed by atoms with E-state index in [9.17, 15) is 9.59 Å². The molecule has 3 rings (SSSR count). The molecule has 0 aliphatic carbocycles. The maximum absolute atomic E-state index is 12.5. The van der Waals surface area contributed by atoms with E-state index in [1.807, 2.05) is 24.3 Å². The number of benzene rings is 1. The Morgan fingerprint density at radius 2 is 2.04 bits per heavy atom. The number of fused-ring (bicyclic) bond motifs is 1. The van der Waals surface area contributed by atoms with Gasteiger partial charge in [0.05, 0.1) is 7.11 Å². The number of carbonyl (C=O) groups excluding carboxylic acids is 1. The molecule has 2 amide bonds. The third kappa shape index (κ3) is 3.24. The number of carboxylic acid groups (broad SMARTS) is 1. The summed E-state index contributed by atoms with van der Waals surface area (Å²) in [5.41, 5.74) is 0. The average molecular weight is 329 g/mol. The minimum Gasteiger partial charge on any atom is -0.497 e. The van der Waals surface area contributed by atoms with Crippen molar-refractivity contribution in [3.63, 3.8) is 0 Å². The molecule has 24 heavy (non-hydrogen) atoms. The van der Waals surface area contributed by atoms with Crippen molar-refractivity contribution in [2.45, 2.75) is 12.8 Å². The molecule has 1 saturated heterocycles. The monoisotopic (exact) mass is 329 g/mol. The fourth-order valence-corrected chi connectivity index (χ4v) is 2.93. The number of anilines is 1. The number of likely N-dealkylation sites (tertiary alicyclic amines) is 1. The second-order valence-corrected chi connectivity index (χ2v) is 5.78. The highest BCUT2D eigenvalue weighted by Crippen LogP contribution is 2.27. The molecule has 0 atom stereocenters. The standard InChI is InChI=1S/C17H19N3O4/c1-24-13-3-2-11-4-7-18-15(14(11)10-13)19-16(21)12-5-8-20(9-6-12)17(22)23/h2-4,7,10,12H,5-6,8-9H2,1H3,(H,22,23)(H,18,19,21). The Kier molecular flexibility index (Phi) is 4.50. The third-order valence-corrected chi connectivity index (χ3v) is 4.35. The molecule has 1 aliphatic rings. The highest BCUT2D eigenvalue weighted by atomic mass is 16.5. The maximum atomic E-state index is 12.5. The predicted molar refractivity (Wildman–Crippen MR) is 89.2 cm³/mol. The molecule has 0 spiro atoms. The Morgan fingerprint density at radius 3 is 2.71 bits per heavy atom. The number of carbonyl (C=O) groups is 2. The first-order valence-electron chi connectivity index (χ1n) is 7.80. The van der Waals surface area contributed by atoms with Crippen molar-refractivity contribution < 1.29 is 19.4 Å². The summed E-state index contributed by atoms with van der Waals surface area (Å²) in [6.45, 7) is 0.758. The molecule has 2 N–H and O–H groups in total. The van der Waals surface area contributed by atoms with Gasteiger partial charge in [-0.15, -0.1) is 0 Å². The molecule has 0 bridgehead atoms. The summed E-state index contributed by atoms with van der Waals surface area (Å²) in [6, 6.07) is 7.48. The van der Waals surface area contributed by atoms with Gasteiger partial charge >= 0.3 is 6.09 Å². The number of pyridine rings is 1. The molecule has 0 unspecified atom stereocenters. The van der Waals surface area contributed by atoms with Crippen molar-refractivity contribution in [3.8, 4) is 5.75 Å². The number of amides is 2. The van der Waals surface area contributed by atoms with Crippen molar-refractivity contribution >= 4 is 28.6 Å². The van der Waals surface area contributed by atoms with E-state index in [0.29, 0.717) is 37.5 Å². The van der Waals surface area contributed by atoms with Crippen LogP contribution in [0.15, 0.2) is 30.5 Å². The number of hydrogen-bond donors (Lipinski definition) is 2. The molecule has 1 aliphatic heterocycles. The first-order valence-corrected chi connectivity index (χ1v) is 7.80. The van der Waals surface area contributed by atoms with Crippen LogP contribution in [-0.2, 0) is 4.79 Å². The fourth-order valence-electron chi connectivity index (χ4n) is 2.93. The number of nitrogens with one attached hydrogen (secondary N) is 1. The Bertz CT molecular complexity index is 770. The van der Waals surface area contributed by atoms with Gasteiger partial charge in [0.15, 0.2) is 0 Å². The zero-order valence-electron chi connectivity index (χ0n) is 13.4. The van der Waals surface area contributed by atoms with Crippen LogP contribution in [0, 0.1) is 5.92 Å². The zero-order valence-corrected chi connectivity index (χ0v) is 13.4. The number of aromatic nitrogens is 1. The minimum atomic E-state index is -0.934. The lowest BCUT2D eigenvalue weighted by molar-refractivity contribution is -0.121. The zero-order chi connectivity index (χ0) is 17.1. The molecule has 126 valence electrons. The summed E-state index contributed by atoms with van der Waals surface area (Å²) in [7, 11) is 1.59. The molecular formula is C17H19N3O4. The molecule has 7 heteroatoms. The number of ether oxygens (including phenoxy) is 1. The van der Waals surface area contributed by atoms with E-state index in [-0.39, 0.29) is 11.8 Å². The van der Waals surface area contributed by atoms with Crippen molar-refractivity contribution in [3.05, 3.63) is 30.5 Å². The predicted octanol–water partition coefficient (Wildman–Crippen LogP) is 2.57. The number of rotatable bonds is 3. The third-order valence-electron chi connectivity index (χ3n) is 4.35. The van der Waals surface area contributed by atoms with Crippen LogP contribution in [0.1, 0.15) is 12.8 Å². The highest BCUT2D eigenvalue weighted by molar-refractivity contribution is 6.01. The topological polar surface area (TPSA) is 91.8 Å². The highest BCUT2D eigenvalue weighted by Gasteiger charge is 2.27. The molecular weight excluding hydrogens is 310 g/mol. The van der Waals surface area contributed by atoms with Gasteiger partial charge in [-0.1, -0.05) is 6.07 Å². The SMILES string of the molecule is COc1ccc2ccnc(NC(=O)C3CCN(C(=O)O)CC3)c2c1. The molecule has 2 aromatic rings. The summed E-state index contributed by atoms with van der Waals surface area (Å²) in [6.07, 6.45) is 1.76. The van der Waals surface area contributed by atoms with Crippen LogP contribution in [0.5, 0.6) is 5.75 Å². The lowest BCUT2D eigenvalue weighted by Gasteiger charge is -2.29. The van der Waals surface area contributed by atoms with Gasteiger partial charge in [0.2, 0.25) is 5.91 Å². The van der Waals surface area contributed by atoms with Crippen LogP contribution in [-0.4, -0.2) is 47.2 Å². The normalized spacial score (nSPS) is 15.3. The molecule has 1 aromatic heterocycles. The van der Waals surface area contributed by atoms with Crippen LogP contribution in [0.3, 0.4) is 0 Å². The number of nitrogens with zero attached hydrogens (tertiary/aromatic N) is 2. The van der Waals surface area contributed by atoms with Gasteiger partial charge in [0.25, 0.3) is 0 Å². The quantitative estimate of drug-likeness (QED) is 0.903. The van der Waals surface area contributed by atoms with Gasteiger partial charge in [0, 0.05) is 30.6 Å². The van der Waals surface area contributed by atoms with E-state index >= 15 is 0 Å². The fraction of sp³-hybridized carbons (Fsp3) is 0.353. The lowest BCUT2D eigenvalue weighted by atomic mass is 9.96. The Hall–Kier alpha value is -2.83. The minimum absolute atomic E-state index is 0.122. The van der Waals surface area contributed by atoms with Crippen molar-refractivity contribution in [2.24, 2.45) is 5.92 Å². The van der Waals surface area contributed by atoms with Crippen LogP contribution >= 0.6 is 0 Å². The van der Waals surface area contributed by atoms with E-state index < -0.39 is 6.09 Å². The van der Waals surface area contributed by atoms with E-state index in [1.165, 1.54) is 4.90 Å². The van der Waals surface area contributed by atoms with Gasteiger partial charge < -0.3 is 20.1 Å². The van der Waals surface area contributed by atoms with E-state index in [4.69, 9.17) is 9.84 Å².